The Balaban J connectivity index is 2.58. The molecule has 0 aliphatic heterocycles. The van der Waals surface area contributed by atoms with Gasteiger partial charge in [0.25, 0.3) is 11.6 Å². The molecule has 1 rings (SSSR count). The number of benzene rings is 1. The Hall–Kier alpha value is -1.66. The molecule has 0 fully saturated rings. The Labute approximate surface area is 116 Å². The summed E-state index contributed by atoms with van der Waals surface area (Å²) in [5, 5.41) is 13.3. The Morgan fingerprint density at radius 2 is 2.16 bits per heavy atom. The first-order valence-corrected chi connectivity index (χ1v) is 6.16. The van der Waals surface area contributed by atoms with Gasteiger partial charge >= 0.3 is 0 Å². The van der Waals surface area contributed by atoms with Crippen molar-refractivity contribution in [2.45, 2.75) is 6.42 Å². The largest absolute Gasteiger partial charge is 0.352 e. The van der Waals surface area contributed by atoms with Crippen LogP contribution in [0.4, 0.5) is 5.69 Å². The van der Waals surface area contributed by atoms with E-state index in [1.54, 1.807) is 0 Å². The van der Waals surface area contributed by atoms with E-state index in [0.29, 0.717) is 12.1 Å². The van der Waals surface area contributed by atoms with Gasteiger partial charge in [-0.25, -0.2) is 0 Å². The van der Waals surface area contributed by atoms with Gasteiger partial charge in [0.1, 0.15) is 5.02 Å². The maximum Gasteiger partial charge on any atom is 0.287 e. The topological polar surface area (TPSA) is 75.5 Å². The molecule has 1 N–H and O–H groups in total. The van der Waals surface area contributed by atoms with Gasteiger partial charge in [0.15, 0.2) is 0 Å². The predicted molar refractivity (Wildman–Crippen MR) is 73.6 cm³/mol. The average Bonchev–Trinajstić information content (AvgIpc) is 2.33. The van der Waals surface area contributed by atoms with Gasteiger partial charge in [0, 0.05) is 18.2 Å². The molecule has 0 aliphatic carbocycles. The maximum absolute atomic E-state index is 11.8. The number of carbonyl (C=O) groups is 1. The molecular formula is C12H16ClN3O3. The summed E-state index contributed by atoms with van der Waals surface area (Å²) in [7, 11) is 3.91. The third-order valence-electron chi connectivity index (χ3n) is 2.47. The molecule has 1 amide bonds. The molecule has 0 aromatic heterocycles. The van der Waals surface area contributed by atoms with Crippen molar-refractivity contribution in [3.05, 3.63) is 38.9 Å². The molecule has 0 heterocycles. The lowest BCUT2D eigenvalue weighted by molar-refractivity contribution is -0.384. The molecule has 6 nitrogen and oxygen atoms in total. The number of halogens is 1. The number of hydrogen-bond donors (Lipinski definition) is 1. The second-order valence-electron chi connectivity index (χ2n) is 4.34. The summed E-state index contributed by atoms with van der Waals surface area (Å²) < 4.78 is 0. The number of nitrogens with one attached hydrogen (secondary N) is 1. The number of carbonyl (C=O) groups excluding carboxylic acids is 1. The zero-order chi connectivity index (χ0) is 14.4. The highest BCUT2D eigenvalue weighted by Crippen LogP contribution is 2.24. The molecule has 19 heavy (non-hydrogen) atoms. The Kier molecular flexibility index (Phi) is 5.72. The second-order valence-corrected chi connectivity index (χ2v) is 4.74. The molecule has 0 atom stereocenters. The highest BCUT2D eigenvalue weighted by atomic mass is 35.5. The number of nitro benzene ring substituents is 1. The van der Waals surface area contributed by atoms with Crippen LogP contribution in [0, 0.1) is 10.1 Å². The Bertz CT molecular complexity index is 477. The van der Waals surface area contributed by atoms with E-state index in [0.717, 1.165) is 13.0 Å². The summed E-state index contributed by atoms with van der Waals surface area (Å²) in [4.78, 5) is 23.8. The van der Waals surface area contributed by atoms with Crippen LogP contribution >= 0.6 is 11.6 Å². The van der Waals surface area contributed by atoms with Gasteiger partial charge in [-0.05, 0) is 39.2 Å². The zero-order valence-electron chi connectivity index (χ0n) is 10.9. The molecule has 0 aliphatic rings. The first-order chi connectivity index (χ1) is 8.91. The standard InChI is InChI=1S/C12H16ClN3O3/c1-15(2)7-3-6-14-12(17)9-4-5-11(16(18)19)10(13)8-9/h4-5,8H,3,6-7H2,1-2H3,(H,14,17). The van der Waals surface area contributed by atoms with Crippen LogP contribution in [0.15, 0.2) is 18.2 Å². The van der Waals surface area contributed by atoms with E-state index in [1.807, 2.05) is 19.0 Å². The van der Waals surface area contributed by atoms with E-state index in [-0.39, 0.29) is 16.6 Å². The SMILES string of the molecule is CN(C)CCCNC(=O)c1ccc([N+](=O)[O-])c(Cl)c1. The van der Waals surface area contributed by atoms with Crippen LogP contribution in [0.25, 0.3) is 0 Å². The molecule has 0 bridgehead atoms. The summed E-state index contributed by atoms with van der Waals surface area (Å²) in [6.07, 6.45) is 0.833. The zero-order valence-corrected chi connectivity index (χ0v) is 11.6. The van der Waals surface area contributed by atoms with Crippen LogP contribution in [-0.4, -0.2) is 42.9 Å². The van der Waals surface area contributed by atoms with E-state index < -0.39 is 4.92 Å². The first kappa shape index (κ1) is 15.4. The number of nitro groups is 1. The summed E-state index contributed by atoms with van der Waals surface area (Å²) in [6, 6.07) is 3.93. The third kappa shape index (κ3) is 4.84. The lowest BCUT2D eigenvalue weighted by atomic mass is 10.2. The minimum absolute atomic E-state index is 0.0362. The minimum atomic E-state index is -0.582. The normalized spacial score (nSPS) is 10.5. The molecule has 104 valence electrons. The molecule has 0 unspecified atom stereocenters. The summed E-state index contributed by atoms with van der Waals surface area (Å²) in [5.41, 5.74) is 0.117. The molecule has 0 radical (unpaired) electrons. The van der Waals surface area contributed by atoms with Gasteiger partial charge in [-0.3, -0.25) is 14.9 Å². The van der Waals surface area contributed by atoms with Gasteiger partial charge in [-0.1, -0.05) is 11.6 Å². The second kappa shape index (κ2) is 7.06. The van der Waals surface area contributed by atoms with Crippen LogP contribution in [0.2, 0.25) is 5.02 Å². The lowest BCUT2D eigenvalue weighted by Gasteiger charge is -2.10. The highest BCUT2D eigenvalue weighted by Gasteiger charge is 2.14. The van der Waals surface area contributed by atoms with Crippen molar-refractivity contribution in [1.29, 1.82) is 0 Å². The van der Waals surface area contributed by atoms with E-state index >= 15 is 0 Å². The van der Waals surface area contributed by atoms with Crippen molar-refractivity contribution in [3.63, 3.8) is 0 Å². The van der Waals surface area contributed by atoms with E-state index in [9.17, 15) is 14.9 Å². The van der Waals surface area contributed by atoms with Crippen LogP contribution in [0.3, 0.4) is 0 Å². The summed E-state index contributed by atoms with van der Waals surface area (Å²) >= 11 is 5.74. The predicted octanol–water partition coefficient (Wildman–Crippen LogP) is 1.93. The van der Waals surface area contributed by atoms with Gasteiger partial charge in [0.2, 0.25) is 0 Å². The first-order valence-electron chi connectivity index (χ1n) is 5.78. The fourth-order valence-electron chi connectivity index (χ4n) is 1.50. The van der Waals surface area contributed by atoms with Gasteiger partial charge in [0.05, 0.1) is 4.92 Å². The van der Waals surface area contributed by atoms with Crippen LogP contribution in [0.1, 0.15) is 16.8 Å². The molecule has 0 saturated heterocycles. The number of amides is 1. The summed E-state index contributed by atoms with van der Waals surface area (Å²) in [6.45, 7) is 1.42. The van der Waals surface area contributed by atoms with E-state index in [1.165, 1.54) is 18.2 Å². The number of nitrogens with zero attached hydrogens (tertiary/aromatic N) is 2. The van der Waals surface area contributed by atoms with E-state index in [4.69, 9.17) is 11.6 Å². The molecule has 7 heteroatoms. The van der Waals surface area contributed by atoms with Gasteiger partial charge in [-0.15, -0.1) is 0 Å². The van der Waals surface area contributed by atoms with Crippen molar-refractivity contribution in [2.24, 2.45) is 0 Å². The molecule has 1 aromatic rings. The monoisotopic (exact) mass is 285 g/mol. The van der Waals surface area contributed by atoms with Crippen molar-refractivity contribution < 1.29 is 9.72 Å². The van der Waals surface area contributed by atoms with Crippen LogP contribution in [-0.2, 0) is 0 Å². The lowest BCUT2D eigenvalue weighted by Crippen LogP contribution is -2.27. The Morgan fingerprint density at radius 3 is 2.68 bits per heavy atom. The average molecular weight is 286 g/mol. The van der Waals surface area contributed by atoms with Crippen LogP contribution < -0.4 is 5.32 Å². The van der Waals surface area contributed by atoms with Crippen molar-refractivity contribution in [2.75, 3.05) is 27.2 Å². The van der Waals surface area contributed by atoms with Gasteiger partial charge < -0.3 is 10.2 Å². The molecule has 0 saturated carbocycles. The number of hydrogen-bond acceptors (Lipinski definition) is 4. The van der Waals surface area contributed by atoms with E-state index in [2.05, 4.69) is 5.32 Å². The van der Waals surface area contributed by atoms with Gasteiger partial charge in [-0.2, -0.15) is 0 Å². The smallest absolute Gasteiger partial charge is 0.287 e. The molecular weight excluding hydrogens is 270 g/mol. The Morgan fingerprint density at radius 1 is 1.47 bits per heavy atom. The van der Waals surface area contributed by atoms with Crippen molar-refractivity contribution in [1.82, 2.24) is 10.2 Å². The summed E-state index contributed by atoms with van der Waals surface area (Å²) in [5.74, 6) is -0.282. The van der Waals surface area contributed by atoms with Crippen molar-refractivity contribution >= 4 is 23.2 Å². The molecule has 1 aromatic carbocycles. The van der Waals surface area contributed by atoms with Crippen LogP contribution in [0.5, 0.6) is 0 Å². The number of rotatable bonds is 6. The minimum Gasteiger partial charge on any atom is -0.352 e. The van der Waals surface area contributed by atoms with Crippen molar-refractivity contribution in [3.8, 4) is 0 Å². The fourth-order valence-corrected chi connectivity index (χ4v) is 1.75. The molecule has 0 spiro atoms. The fraction of sp³-hybridized carbons (Fsp3) is 0.417. The maximum atomic E-state index is 11.8. The third-order valence-corrected chi connectivity index (χ3v) is 2.78. The quantitative estimate of drug-likeness (QED) is 0.492. The highest BCUT2D eigenvalue weighted by molar-refractivity contribution is 6.33.